The molecule has 1 aromatic carbocycles. The van der Waals surface area contributed by atoms with Crippen molar-refractivity contribution in [1.29, 1.82) is 0 Å². The van der Waals surface area contributed by atoms with Crippen LogP contribution >= 0.6 is 0 Å². The van der Waals surface area contributed by atoms with Gasteiger partial charge in [-0.25, -0.2) is 0 Å². The Bertz CT molecular complexity index is 430. The van der Waals surface area contributed by atoms with E-state index in [1.165, 1.54) is 57.1 Å². The first-order valence-electron chi connectivity index (χ1n) is 8.90. The lowest BCUT2D eigenvalue weighted by Gasteiger charge is -2.41. The third kappa shape index (κ3) is 4.57. The number of nitrogens with one attached hydrogen (secondary N) is 1. The highest BCUT2D eigenvalue weighted by Gasteiger charge is 2.35. The smallest absolute Gasteiger partial charge is 0.00683 e. The van der Waals surface area contributed by atoms with Gasteiger partial charge in [-0.2, -0.15) is 0 Å². The molecule has 2 aliphatic carbocycles. The Labute approximate surface area is 130 Å². The van der Waals surface area contributed by atoms with Gasteiger partial charge < -0.3 is 5.32 Å². The van der Waals surface area contributed by atoms with E-state index < -0.39 is 0 Å². The van der Waals surface area contributed by atoms with Gasteiger partial charge in [0.15, 0.2) is 0 Å². The van der Waals surface area contributed by atoms with Crippen molar-refractivity contribution >= 4 is 0 Å². The van der Waals surface area contributed by atoms with Gasteiger partial charge in [0.25, 0.3) is 0 Å². The summed E-state index contributed by atoms with van der Waals surface area (Å²) in [4.78, 5) is 0. The summed E-state index contributed by atoms with van der Waals surface area (Å²) in [6.07, 6.45) is 9.68. The summed E-state index contributed by atoms with van der Waals surface area (Å²) in [5, 5.41) is 3.78. The monoisotopic (exact) mass is 285 g/mol. The van der Waals surface area contributed by atoms with Gasteiger partial charge in [0.05, 0.1) is 0 Å². The average molecular weight is 285 g/mol. The summed E-state index contributed by atoms with van der Waals surface area (Å²) in [6, 6.07) is 11.9. The Balaban J connectivity index is 1.56. The lowest BCUT2D eigenvalue weighted by atomic mass is 9.65. The predicted octanol–water partition coefficient (Wildman–Crippen LogP) is 4.81. The van der Waals surface area contributed by atoms with E-state index >= 15 is 0 Å². The van der Waals surface area contributed by atoms with E-state index in [0.29, 0.717) is 5.41 Å². The largest absolute Gasteiger partial charge is 0.314 e. The zero-order valence-corrected chi connectivity index (χ0v) is 13.8. The molecule has 0 aliphatic heterocycles. The maximum Gasteiger partial charge on any atom is 0.00683 e. The van der Waals surface area contributed by atoms with Crippen LogP contribution in [0.1, 0.15) is 57.9 Å². The summed E-state index contributed by atoms with van der Waals surface area (Å²) >= 11 is 0. The second kappa shape index (κ2) is 6.52. The van der Waals surface area contributed by atoms with Gasteiger partial charge in [-0.3, -0.25) is 0 Å². The van der Waals surface area contributed by atoms with Crippen LogP contribution in [0.5, 0.6) is 0 Å². The summed E-state index contributed by atoms with van der Waals surface area (Å²) in [5.41, 5.74) is 2.06. The minimum atomic E-state index is 0.553. The summed E-state index contributed by atoms with van der Waals surface area (Å²) < 4.78 is 0. The second-order valence-corrected chi connectivity index (χ2v) is 8.13. The SMILES string of the molecule is CC1(C)CCC(CNC2CC2)C(CCc2ccccc2)C1. The highest BCUT2D eigenvalue weighted by Crippen LogP contribution is 2.43. The Hall–Kier alpha value is -0.820. The zero-order chi connectivity index (χ0) is 14.7. The van der Waals surface area contributed by atoms with Gasteiger partial charge in [0.1, 0.15) is 0 Å². The normalized spacial score (nSPS) is 28.5. The van der Waals surface area contributed by atoms with E-state index in [-0.39, 0.29) is 0 Å². The Morgan fingerprint density at radius 1 is 1.05 bits per heavy atom. The highest BCUT2D eigenvalue weighted by molar-refractivity contribution is 5.14. The van der Waals surface area contributed by atoms with E-state index in [1.807, 2.05) is 0 Å². The van der Waals surface area contributed by atoms with Crippen LogP contribution in [-0.4, -0.2) is 12.6 Å². The first kappa shape index (κ1) is 15.1. The molecule has 0 aromatic heterocycles. The molecule has 0 saturated heterocycles. The molecule has 2 aliphatic rings. The van der Waals surface area contributed by atoms with Crippen LogP contribution in [0.2, 0.25) is 0 Å². The quantitative estimate of drug-likeness (QED) is 0.790. The van der Waals surface area contributed by atoms with Gasteiger partial charge in [0, 0.05) is 6.04 Å². The molecule has 1 N–H and O–H groups in total. The molecule has 116 valence electrons. The van der Waals surface area contributed by atoms with E-state index in [4.69, 9.17) is 0 Å². The number of rotatable bonds is 6. The van der Waals surface area contributed by atoms with Crippen molar-refractivity contribution in [2.24, 2.45) is 17.3 Å². The zero-order valence-electron chi connectivity index (χ0n) is 13.8. The van der Waals surface area contributed by atoms with Crippen molar-refractivity contribution in [3.05, 3.63) is 35.9 Å². The minimum Gasteiger partial charge on any atom is -0.314 e. The van der Waals surface area contributed by atoms with Crippen molar-refractivity contribution in [3.63, 3.8) is 0 Å². The highest BCUT2D eigenvalue weighted by atomic mass is 14.9. The van der Waals surface area contributed by atoms with Crippen LogP contribution < -0.4 is 5.32 Å². The molecule has 2 unspecified atom stereocenters. The van der Waals surface area contributed by atoms with Crippen molar-refractivity contribution in [2.45, 2.75) is 64.8 Å². The van der Waals surface area contributed by atoms with E-state index in [1.54, 1.807) is 0 Å². The summed E-state index contributed by atoms with van der Waals surface area (Å²) in [6.45, 7) is 6.19. The fraction of sp³-hybridized carbons (Fsp3) is 0.700. The number of hydrogen-bond acceptors (Lipinski definition) is 1. The third-order valence-electron chi connectivity index (χ3n) is 5.57. The topological polar surface area (TPSA) is 12.0 Å². The molecule has 1 nitrogen and oxygen atoms in total. The van der Waals surface area contributed by atoms with Crippen molar-refractivity contribution in [1.82, 2.24) is 5.32 Å². The molecule has 2 fully saturated rings. The summed E-state index contributed by atoms with van der Waals surface area (Å²) in [7, 11) is 0. The van der Waals surface area contributed by atoms with Gasteiger partial charge >= 0.3 is 0 Å². The Morgan fingerprint density at radius 2 is 1.81 bits per heavy atom. The van der Waals surface area contributed by atoms with Crippen LogP contribution in [-0.2, 0) is 6.42 Å². The van der Waals surface area contributed by atoms with Crippen molar-refractivity contribution in [3.8, 4) is 0 Å². The Morgan fingerprint density at radius 3 is 2.52 bits per heavy atom. The minimum absolute atomic E-state index is 0.553. The molecule has 1 aromatic rings. The molecule has 3 rings (SSSR count). The number of hydrogen-bond donors (Lipinski definition) is 1. The predicted molar refractivity (Wildman–Crippen MR) is 90.4 cm³/mol. The van der Waals surface area contributed by atoms with E-state index in [2.05, 4.69) is 49.5 Å². The lowest BCUT2D eigenvalue weighted by molar-refractivity contribution is 0.110. The molecule has 0 bridgehead atoms. The fourth-order valence-electron chi connectivity index (χ4n) is 4.00. The maximum atomic E-state index is 3.78. The van der Waals surface area contributed by atoms with Crippen LogP contribution in [0, 0.1) is 17.3 Å². The molecular formula is C20H31N. The Kier molecular flexibility index (Phi) is 4.69. The maximum absolute atomic E-state index is 3.78. The van der Waals surface area contributed by atoms with Gasteiger partial charge in [-0.05, 0) is 74.3 Å². The van der Waals surface area contributed by atoms with Crippen LogP contribution in [0.25, 0.3) is 0 Å². The molecule has 0 spiro atoms. The molecule has 21 heavy (non-hydrogen) atoms. The molecule has 0 heterocycles. The lowest BCUT2D eigenvalue weighted by Crippen LogP contribution is -2.36. The number of aryl methyl sites for hydroxylation is 1. The molecular weight excluding hydrogens is 254 g/mol. The van der Waals surface area contributed by atoms with Crippen molar-refractivity contribution in [2.75, 3.05) is 6.54 Å². The van der Waals surface area contributed by atoms with Crippen LogP contribution in [0.15, 0.2) is 30.3 Å². The third-order valence-corrected chi connectivity index (χ3v) is 5.57. The molecule has 1 heteroatoms. The first-order chi connectivity index (χ1) is 10.1. The molecule has 0 amide bonds. The fourth-order valence-corrected chi connectivity index (χ4v) is 4.00. The van der Waals surface area contributed by atoms with Gasteiger partial charge in [-0.15, -0.1) is 0 Å². The van der Waals surface area contributed by atoms with Gasteiger partial charge in [-0.1, -0.05) is 44.2 Å². The second-order valence-electron chi connectivity index (χ2n) is 8.13. The molecule has 0 radical (unpaired) electrons. The van der Waals surface area contributed by atoms with E-state index in [0.717, 1.165) is 17.9 Å². The standard InChI is InChI=1S/C20H31N/c1-20(2)13-12-18(15-21-19-10-11-19)17(14-20)9-8-16-6-4-3-5-7-16/h3-7,17-19,21H,8-15H2,1-2H3. The molecule has 2 saturated carbocycles. The van der Waals surface area contributed by atoms with Crippen LogP contribution in [0.4, 0.5) is 0 Å². The number of benzene rings is 1. The van der Waals surface area contributed by atoms with E-state index in [9.17, 15) is 0 Å². The summed E-state index contributed by atoms with van der Waals surface area (Å²) in [5.74, 6) is 1.81. The van der Waals surface area contributed by atoms with Crippen LogP contribution in [0.3, 0.4) is 0 Å². The van der Waals surface area contributed by atoms with Crippen molar-refractivity contribution < 1.29 is 0 Å². The van der Waals surface area contributed by atoms with Gasteiger partial charge in [0.2, 0.25) is 0 Å². The average Bonchev–Trinajstić information content (AvgIpc) is 3.29. The molecule has 2 atom stereocenters. The first-order valence-corrected chi connectivity index (χ1v) is 8.90.